The van der Waals surface area contributed by atoms with Crippen molar-refractivity contribution in [2.24, 2.45) is 11.8 Å². The molecule has 0 saturated heterocycles. The summed E-state index contributed by atoms with van der Waals surface area (Å²) in [5, 5.41) is 0. The van der Waals surface area contributed by atoms with Gasteiger partial charge in [0.1, 0.15) is 0 Å². The van der Waals surface area contributed by atoms with Crippen molar-refractivity contribution < 1.29 is 0 Å². The van der Waals surface area contributed by atoms with E-state index in [1.165, 1.54) is 42.4 Å². The molecule has 1 heteroatoms. The van der Waals surface area contributed by atoms with Gasteiger partial charge < -0.3 is 5.73 Å². The molecule has 2 bridgehead atoms. The number of nitrogens with two attached hydrogens (primary N) is 1. The number of hydrogen-bond donors (Lipinski definition) is 1. The van der Waals surface area contributed by atoms with Crippen LogP contribution in [0.3, 0.4) is 0 Å². The first-order chi connectivity index (χ1) is 7.65. The SMILES string of the molecule is Cc1cc(C)c(C2CC3CCC2C3)cc1N. The van der Waals surface area contributed by atoms with Gasteiger partial charge in [-0.25, -0.2) is 0 Å². The Morgan fingerprint density at radius 2 is 1.88 bits per heavy atom. The van der Waals surface area contributed by atoms with Crippen LogP contribution in [-0.4, -0.2) is 0 Å². The van der Waals surface area contributed by atoms with Crippen molar-refractivity contribution in [3.05, 3.63) is 28.8 Å². The predicted molar refractivity (Wildman–Crippen MR) is 68.5 cm³/mol. The van der Waals surface area contributed by atoms with Crippen molar-refractivity contribution in [2.75, 3.05) is 5.73 Å². The maximum atomic E-state index is 6.06. The maximum Gasteiger partial charge on any atom is 0.0346 e. The number of hydrogen-bond acceptors (Lipinski definition) is 1. The first-order valence-electron chi connectivity index (χ1n) is 6.51. The minimum absolute atomic E-state index is 0.807. The van der Waals surface area contributed by atoms with Gasteiger partial charge in [0.2, 0.25) is 0 Å². The second-order valence-electron chi connectivity index (χ2n) is 5.85. The van der Waals surface area contributed by atoms with Crippen molar-refractivity contribution in [1.82, 2.24) is 0 Å². The van der Waals surface area contributed by atoms with E-state index in [-0.39, 0.29) is 0 Å². The van der Waals surface area contributed by atoms with Crippen LogP contribution in [0.25, 0.3) is 0 Å². The molecule has 86 valence electrons. The van der Waals surface area contributed by atoms with Crippen molar-refractivity contribution in [3.63, 3.8) is 0 Å². The fraction of sp³-hybridized carbons (Fsp3) is 0.600. The first-order valence-corrected chi connectivity index (χ1v) is 6.51. The number of fused-ring (bicyclic) bond motifs is 2. The molecule has 1 nitrogen and oxygen atoms in total. The summed E-state index contributed by atoms with van der Waals surface area (Å²) in [6.07, 6.45) is 5.80. The summed E-state index contributed by atoms with van der Waals surface area (Å²) in [4.78, 5) is 0. The van der Waals surface area contributed by atoms with Gasteiger partial charge in [0.25, 0.3) is 0 Å². The van der Waals surface area contributed by atoms with Crippen LogP contribution >= 0.6 is 0 Å². The van der Waals surface area contributed by atoms with E-state index in [9.17, 15) is 0 Å². The predicted octanol–water partition coefficient (Wildman–Crippen LogP) is 3.79. The van der Waals surface area contributed by atoms with E-state index in [1.54, 1.807) is 0 Å². The van der Waals surface area contributed by atoms with Crippen LogP contribution < -0.4 is 5.73 Å². The van der Waals surface area contributed by atoms with E-state index in [2.05, 4.69) is 26.0 Å². The molecule has 0 radical (unpaired) electrons. The van der Waals surface area contributed by atoms with Gasteiger partial charge >= 0.3 is 0 Å². The van der Waals surface area contributed by atoms with Crippen molar-refractivity contribution in [2.45, 2.75) is 45.4 Å². The zero-order chi connectivity index (χ0) is 11.3. The summed E-state index contributed by atoms with van der Waals surface area (Å²) in [5.41, 5.74) is 11.2. The zero-order valence-electron chi connectivity index (χ0n) is 10.3. The van der Waals surface area contributed by atoms with Gasteiger partial charge in [-0.3, -0.25) is 0 Å². The summed E-state index contributed by atoms with van der Waals surface area (Å²) in [6, 6.07) is 4.51. The average molecular weight is 215 g/mol. The quantitative estimate of drug-likeness (QED) is 0.709. The van der Waals surface area contributed by atoms with Gasteiger partial charge in [-0.05, 0) is 73.6 Å². The third kappa shape index (κ3) is 1.45. The zero-order valence-corrected chi connectivity index (χ0v) is 10.3. The monoisotopic (exact) mass is 215 g/mol. The molecule has 1 aromatic rings. The smallest absolute Gasteiger partial charge is 0.0346 e. The van der Waals surface area contributed by atoms with Crippen LogP contribution in [0, 0.1) is 25.7 Å². The molecule has 2 aliphatic carbocycles. The lowest BCUT2D eigenvalue weighted by Gasteiger charge is -2.24. The molecular formula is C15H21N. The fourth-order valence-electron chi connectivity index (χ4n) is 3.91. The number of rotatable bonds is 1. The Bertz CT molecular complexity index is 422. The Kier molecular flexibility index (Phi) is 2.24. The molecule has 0 spiro atoms. The van der Waals surface area contributed by atoms with Crippen molar-refractivity contribution in [1.29, 1.82) is 0 Å². The molecule has 2 saturated carbocycles. The Balaban J connectivity index is 1.98. The van der Waals surface area contributed by atoms with E-state index in [0.717, 1.165) is 23.4 Å². The molecule has 0 heterocycles. The van der Waals surface area contributed by atoms with E-state index < -0.39 is 0 Å². The van der Waals surface area contributed by atoms with Gasteiger partial charge in [-0.2, -0.15) is 0 Å². The minimum Gasteiger partial charge on any atom is -0.399 e. The van der Waals surface area contributed by atoms with Crippen LogP contribution in [0.5, 0.6) is 0 Å². The van der Waals surface area contributed by atoms with Crippen molar-refractivity contribution >= 4 is 5.69 Å². The third-order valence-corrected chi connectivity index (χ3v) is 4.79. The van der Waals surface area contributed by atoms with Crippen LogP contribution in [0.2, 0.25) is 0 Å². The van der Waals surface area contributed by atoms with Crippen LogP contribution in [0.1, 0.15) is 48.3 Å². The van der Waals surface area contributed by atoms with Crippen LogP contribution in [0.15, 0.2) is 12.1 Å². The van der Waals surface area contributed by atoms with Gasteiger partial charge in [-0.15, -0.1) is 0 Å². The van der Waals surface area contributed by atoms with Gasteiger partial charge in [-0.1, -0.05) is 12.5 Å². The molecule has 1 aromatic carbocycles. The molecule has 2 fully saturated rings. The number of benzene rings is 1. The highest BCUT2D eigenvalue weighted by Crippen LogP contribution is 2.53. The van der Waals surface area contributed by atoms with E-state index in [0.29, 0.717) is 0 Å². The van der Waals surface area contributed by atoms with Gasteiger partial charge in [0, 0.05) is 5.69 Å². The van der Waals surface area contributed by atoms with Gasteiger partial charge in [0.15, 0.2) is 0 Å². The first kappa shape index (κ1) is 10.2. The molecular weight excluding hydrogens is 194 g/mol. The minimum atomic E-state index is 0.807. The number of nitrogen functional groups attached to an aromatic ring is 1. The maximum absolute atomic E-state index is 6.06. The van der Waals surface area contributed by atoms with E-state index in [1.807, 2.05) is 0 Å². The van der Waals surface area contributed by atoms with Gasteiger partial charge in [0.05, 0.1) is 0 Å². The molecule has 16 heavy (non-hydrogen) atoms. The summed E-state index contributed by atoms with van der Waals surface area (Å²) in [6.45, 7) is 4.35. The standard InChI is InChI=1S/C15H21N/c1-9-5-10(2)15(16)8-13(9)14-7-11-3-4-12(14)6-11/h5,8,11-12,14H,3-4,6-7,16H2,1-2H3. The molecule has 3 unspecified atom stereocenters. The highest BCUT2D eigenvalue weighted by atomic mass is 14.6. The molecule has 3 rings (SSSR count). The second kappa shape index (κ2) is 3.51. The normalized spacial score (nSPS) is 32.2. The lowest BCUT2D eigenvalue weighted by Crippen LogP contribution is -2.10. The van der Waals surface area contributed by atoms with Crippen LogP contribution in [0.4, 0.5) is 5.69 Å². The Hall–Kier alpha value is -0.980. The Labute approximate surface area is 98.0 Å². The van der Waals surface area contributed by atoms with E-state index in [4.69, 9.17) is 5.73 Å². The third-order valence-electron chi connectivity index (χ3n) is 4.79. The average Bonchev–Trinajstić information content (AvgIpc) is 2.84. The summed E-state index contributed by atoms with van der Waals surface area (Å²) >= 11 is 0. The molecule has 3 atom stereocenters. The summed E-state index contributed by atoms with van der Waals surface area (Å²) in [7, 11) is 0. The second-order valence-corrected chi connectivity index (χ2v) is 5.85. The molecule has 2 aliphatic rings. The molecule has 2 N–H and O–H groups in total. The van der Waals surface area contributed by atoms with E-state index >= 15 is 0 Å². The largest absolute Gasteiger partial charge is 0.399 e. The molecule has 0 amide bonds. The Morgan fingerprint density at radius 3 is 2.50 bits per heavy atom. The van der Waals surface area contributed by atoms with Crippen LogP contribution in [-0.2, 0) is 0 Å². The Morgan fingerprint density at radius 1 is 1.06 bits per heavy atom. The molecule has 0 aromatic heterocycles. The number of aryl methyl sites for hydroxylation is 2. The summed E-state index contributed by atoms with van der Waals surface area (Å²) in [5.74, 6) is 2.77. The topological polar surface area (TPSA) is 26.0 Å². The lowest BCUT2D eigenvalue weighted by atomic mass is 9.81. The lowest BCUT2D eigenvalue weighted by molar-refractivity contribution is 0.419. The molecule has 0 aliphatic heterocycles. The fourth-order valence-corrected chi connectivity index (χ4v) is 3.91. The van der Waals surface area contributed by atoms with Crippen molar-refractivity contribution in [3.8, 4) is 0 Å². The summed E-state index contributed by atoms with van der Waals surface area (Å²) < 4.78 is 0. The highest BCUT2D eigenvalue weighted by Gasteiger charge is 2.40. The number of anilines is 1. The highest BCUT2D eigenvalue weighted by molar-refractivity contribution is 5.52.